The molecule has 0 unspecified atom stereocenters. The fourth-order valence-electron chi connectivity index (χ4n) is 9.19. The van der Waals surface area contributed by atoms with E-state index in [9.17, 15) is 0 Å². The van der Waals surface area contributed by atoms with Crippen LogP contribution in [0.4, 0.5) is 0 Å². The molecule has 0 saturated carbocycles. The van der Waals surface area contributed by atoms with E-state index in [2.05, 4.69) is 151 Å². The molecule has 6 aromatic carbocycles. The summed E-state index contributed by atoms with van der Waals surface area (Å²) in [6.45, 7) is 14.3. The molecule has 3 aliphatic rings. The fourth-order valence-corrected chi connectivity index (χ4v) is 9.19. The second-order valence-corrected chi connectivity index (χ2v) is 14.2. The molecule has 9 rings (SSSR count). The van der Waals surface area contributed by atoms with Gasteiger partial charge in [-0.3, -0.25) is 0 Å². The van der Waals surface area contributed by atoms with Crippen LogP contribution in [0.3, 0.4) is 0 Å². The lowest BCUT2D eigenvalue weighted by molar-refractivity contribution is 0.637. The van der Waals surface area contributed by atoms with Crippen molar-refractivity contribution in [1.29, 1.82) is 0 Å². The molecule has 0 amide bonds. The van der Waals surface area contributed by atoms with Gasteiger partial charge < -0.3 is 0 Å². The monoisotopic (exact) mass is 564 g/mol. The van der Waals surface area contributed by atoms with Gasteiger partial charge in [0.1, 0.15) is 0 Å². The van der Waals surface area contributed by atoms with Crippen LogP contribution in [0.25, 0.3) is 66.7 Å². The van der Waals surface area contributed by atoms with Gasteiger partial charge in [0.15, 0.2) is 0 Å². The number of rotatable bonds is 0. The summed E-state index contributed by atoms with van der Waals surface area (Å²) in [5.41, 5.74) is 16.1. The summed E-state index contributed by atoms with van der Waals surface area (Å²) in [7, 11) is 0. The van der Waals surface area contributed by atoms with E-state index in [4.69, 9.17) is 0 Å². The zero-order chi connectivity index (χ0) is 30.1. The predicted octanol–water partition coefficient (Wildman–Crippen LogP) is 12.0. The zero-order valence-electron chi connectivity index (χ0n) is 26.4. The minimum Gasteiger partial charge on any atom is -0.0616 e. The molecule has 0 aliphatic heterocycles. The van der Waals surface area contributed by atoms with Gasteiger partial charge in [-0.2, -0.15) is 0 Å². The van der Waals surface area contributed by atoms with Gasteiger partial charge in [0.25, 0.3) is 0 Å². The molecule has 3 aliphatic carbocycles. The number of fused-ring (bicyclic) bond motifs is 6. The normalized spacial score (nSPS) is 16.7. The number of allylic oxidation sites excluding steroid dienone is 4. The Labute approximate surface area is 260 Å². The number of hydrogen-bond acceptors (Lipinski definition) is 0. The largest absolute Gasteiger partial charge is 0.0616 e. The van der Waals surface area contributed by atoms with Crippen molar-refractivity contribution in [3.05, 3.63) is 142 Å². The van der Waals surface area contributed by atoms with Crippen LogP contribution < -0.4 is 0 Å². The number of benzene rings is 6. The molecule has 0 nitrogen and oxygen atoms in total. The smallest absolute Gasteiger partial charge is 0.0161 e. The van der Waals surface area contributed by atoms with Gasteiger partial charge in [-0.25, -0.2) is 0 Å². The lowest BCUT2D eigenvalue weighted by Crippen LogP contribution is -2.26. The van der Waals surface area contributed by atoms with Crippen molar-refractivity contribution in [1.82, 2.24) is 0 Å². The minimum absolute atomic E-state index is 0.145. The van der Waals surface area contributed by atoms with Crippen LogP contribution in [-0.2, 0) is 10.8 Å². The average Bonchev–Trinajstić information content (AvgIpc) is 2.99. The Bertz CT molecular complexity index is 2380. The van der Waals surface area contributed by atoms with Crippen LogP contribution in [-0.4, -0.2) is 0 Å². The van der Waals surface area contributed by atoms with Crippen LogP contribution >= 0.6 is 0 Å². The van der Waals surface area contributed by atoms with Crippen molar-refractivity contribution < 1.29 is 0 Å². The Hall–Kier alpha value is -4.68. The predicted molar refractivity (Wildman–Crippen MR) is 191 cm³/mol. The summed E-state index contributed by atoms with van der Waals surface area (Å²) in [6.07, 6.45) is 11.7. The van der Waals surface area contributed by atoms with E-state index in [1.807, 2.05) is 0 Å². The van der Waals surface area contributed by atoms with E-state index in [-0.39, 0.29) is 10.8 Å². The third-order valence-corrected chi connectivity index (χ3v) is 11.0. The molecule has 0 heterocycles. The van der Waals surface area contributed by atoms with E-state index < -0.39 is 0 Å². The third-order valence-electron chi connectivity index (χ3n) is 11.0. The van der Waals surface area contributed by atoms with E-state index >= 15 is 0 Å². The van der Waals surface area contributed by atoms with Gasteiger partial charge >= 0.3 is 0 Å². The molecule has 0 saturated heterocycles. The highest BCUT2D eigenvalue weighted by Crippen LogP contribution is 2.57. The lowest BCUT2D eigenvalue weighted by Gasteiger charge is -2.39. The second kappa shape index (κ2) is 8.48. The third kappa shape index (κ3) is 3.13. The highest BCUT2D eigenvalue weighted by Gasteiger charge is 2.38. The van der Waals surface area contributed by atoms with Gasteiger partial charge in [-0.05, 0) is 119 Å². The SMILES string of the molecule is Cc1cc2cc3c4c(c(C)cc5c4c2c2c1C(C)(C)C(=CC=C5)C=Cc1ccccc1-2)C(C)(C)c1ccc2ccccc2c1-3. The maximum atomic E-state index is 2.54. The maximum absolute atomic E-state index is 2.54. The van der Waals surface area contributed by atoms with Crippen LogP contribution in [0.15, 0.2) is 103 Å². The molecule has 6 aromatic rings. The molecule has 0 aromatic heterocycles. The van der Waals surface area contributed by atoms with Crippen LogP contribution in [0.1, 0.15) is 66.6 Å². The standard InChI is InChI=1S/C44H36/c1-25-22-29-14-11-15-31-20-18-27-12-8-10-17-33(27)39-37-30(23-26(2)41(39)43(31,3)4)24-34-38-32-16-9-7-13-28(32)19-21-35(38)44(5,6)42(25)40(34)36(29)37/h7-24H,1-6H3. The topological polar surface area (TPSA) is 0 Å². The summed E-state index contributed by atoms with van der Waals surface area (Å²) in [4.78, 5) is 0. The first-order valence-corrected chi connectivity index (χ1v) is 16.0. The molecule has 0 heteroatoms. The van der Waals surface area contributed by atoms with Gasteiger partial charge in [0.2, 0.25) is 0 Å². The van der Waals surface area contributed by atoms with Crippen molar-refractivity contribution in [2.45, 2.75) is 52.4 Å². The molecule has 4 bridgehead atoms. The van der Waals surface area contributed by atoms with Gasteiger partial charge in [0, 0.05) is 10.8 Å². The highest BCUT2D eigenvalue weighted by atomic mass is 14.4. The maximum Gasteiger partial charge on any atom is 0.0161 e. The first kappa shape index (κ1) is 25.8. The zero-order valence-corrected chi connectivity index (χ0v) is 26.4. The summed E-state index contributed by atoms with van der Waals surface area (Å²) in [6, 6.07) is 30.1. The molecule has 44 heavy (non-hydrogen) atoms. The summed E-state index contributed by atoms with van der Waals surface area (Å²) >= 11 is 0. The Morgan fingerprint density at radius 2 is 1.30 bits per heavy atom. The van der Waals surface area contributed by atoms with Crippen molar-refractivity contribution >= 4 is 44.5 Å². The van der Waals surface area contributed by atoms with Gasteiger partial charge in [0.05, 0.1) is 0 Å². The Morgan fingerprint density at radius 3 is 2.16 bits per heavy atom. The Balaban J connectivity index is 1.63. The lowest BCUT2D eigenvalue weighted by atomic mass is 9.64. The van der Waals surface area contributed by atoms with E-state index in [1.165, 1.54) is 99.1 Å². The van der Waals surface area contributed by atoms with Gasteiger partial charge in [-0.15, -0.1) is 0 Å². The molecule has 0 N–H and O–H groups in total. The van der Waals surface area contributed by atoms with Crippen LogP contribution in [0.2, 0.25) is 0 Å². The fraction of sp³-hybridized carbons (Fsp3) is 0.182. The van der Waals surface area contributed by atoms with Crippen molar-refractivity contribution in [2.24, 2.45) is 0 Å². The Morgan fingerprint density at radius 1 is 0.523 bits per heavy atom. The molecule has 0 fully saturated rings. The first-order valence-electron chi connectivity index (χ1n) is 16.0. The molecule has 0 radical (unpaired) electrons. The molecular weight excluding hydrogens is 528 g/mol. The minimum atomic E-state index is -0.169. The summed E-state index contributed by atoms with van der Waals surface area (Å²) in [5.74, 6) is 0. The first-order chi connectivity index (χ1) is 21.2. The van der Waals surface area contributed by atoms with E-state index in [0.29, 0.717) is 0 Å². The Kier molecular flexibility index (Phi) is 4.97. The van der Waals surface area contributed by atoms with Crippen molar-refractivity contribution in [3.8, 4) is 22.3 Å². The number of aryl methyl sites for hydroxylation is 2. The summed E-state index contributed by atoms with van der Waals surface area (Å²) in [5, 5.41) is 8.18. The molecular formula is C44H36. The van der Waals surface area contributed by atoms with E-state index in [0.717, 1.165) is 0 Å². The van der Waals surface area contributed by atoms with Crippen molar-refractivity contribution in [3.63, 3.8) is 0 Å². The highest BCUT2D eigenvalue weighted by molar-refractivity contribution is 6.26. The molecule has 212 valence electrons. The average molecular weight is 565 g/mol. The van der Waals surface area contributed by atoms with Gasteiger partial charge in [-0.1, -0.05) is 131 Å². The van der Waals surface area contributed by atoms with Crippen LogP contribution in [0.5, 0.6) is 0 Å². The second-order valence-electron chi connectivity index (χ2n) is 14.2. The van der Waals surface area contributed by atoms with Crippen LogP contribution in [0, 0.1) is 13.8 Å². The van der Waals surface area contributed by atoms with E-state index in [1.54, 1.807) is 0 Å². The molecule has 0 atom stereocenters. The quantitative estimate of drug-likeness (QED) is 0.161. The van der Waals surface area contributed by atoms with Crippen molar-refractivity contribution in [2.75, 3.05) is 0 Å². The number of hydrogen-bond donors (Lipinski definition) is 0. The molecule has 0 spiro atoms. The summed E-state index contributed by atoms with van der Waals surface area (Å²) < 4.78 is 0.